The third kappa shape index (κ3) is 4.61. The minimum Gasteiger partial charge on any atom is -0.354 e. The Hall–Kier alpha value is -3.09. The average molecular weight is 498 g/mol. The Morgan fingerprint density at radius 1 is 1.09 bits per heavy atom. The molecule has 176 valence electrons. The van der Waals surface area contributed by atoms with Crippen molar-refractivity contribution in [3.8, 4) is 0 Å². The highest BCUT2D eigenvalue weighted by atomic mass is 35.5. The van der Waals surface area contributed by atoms with Crippen molar-refractivity contribution in [2.45, 2.75) is 32.9 Å². The summed E-state index contributed by atoms with van der Waals surface area (Å²) in [6, 6.07) is 15.4. The largest absolute Gasteiger partial charge is 0.354 e. The normalized spacial score (nSPS) is 13.3. The van der Waals surface area contributed by atoms with Crippen LogP contribution in [0.15, 0.2) is 54.6 Å². The fourth-order valence-corrected chi connectivity index (χ4v) is 4.64. The first-order valence-electron chi connectivity index (χ1n) is 11.2. The molecule has 0 aliphatic carbocycles. The molecule has 34 heavy (non-hydrogen) atoms. The number of hydrogen-bond acceptors (Lipinski definition) is 3. The van der Waals surface area contributed by atoms with Crippen LogP contribution in [0.5, 0.6) is 0 Å². The van der Waals surface area contributed by atoms with Crippen LogP contribution in [0.4, 0.5) is 5.69 Å². The smallest absolute Gasteiger partial charge is 0.259 e. The maximum atomic E-state index is 13.6. The van der Waals surface area contributed by atoms with Crippen LogP contribution < -0.4 is 10.2 Å². The summed E-state index contributed by atoms with van der Waals surface area (Å²) in [5.41, 5.74) is 1.92. The highest BCUT2D eigenvalue weighted by Crippen LogP contribution is 2.37. The molecule has 0 spiro atoms. The third-order valence-electron chi connectivity index (χ3n) is 6.01. The van der Waals surface area contributed by atoms with E-state index in [4.69, 9.17) is 23.2 Å². The second-order valence-electron chi connectivity index (χ2n) is 8.30. The van der Waals surface area contributed by atoms with Crippen molar-refractivity contribution < 1.29 is 14.4 Å². The molecule has 8 heteroatoms. The molecule has 1 N–H and O–H groups in total. The molecule has 0 saturated carbocycles. The van der Waals surface area contributed by atoms with Crippen LogP contribution in [0.1, 0.15) is 36.2 Å². The van der Waals surface area contributed by atoms with Crippen molar-refractivity contribution >= 4 is 57.4 Å². The maximum absolute atomic E-state index is 13.6. The van der Waals surface area contributed by atoms with Crippen molar-refractivity contribution in [1.29, 1.82) is 0 Å². The summed E-state index contributed by atoms with van der Waals surface area (Å²) in [6.45, 7) is 4.05. The molecule has 0 radical (unpaired) electrons. The van der Waals surface area contributed by atoms with Crippen molar-refractivity contribution in [2.75, 3.05) is 18.0 Å². The molecule has 0 bridgehead atoms. The summed E-state index contributed by atoms with van der Waals surface area (Å²) in [5.74, 6) is -0.852. The first kappa shape index (κ1) is 24.0. The highest BCUT2D eigenvalue weighted by molar-refractivity contribution is 6.35. The van der Waals surface area contributed by atoms with Gasteiger partial charge in [0.1, 0.15) is 12.6 Å². The van der Waals surface area contributed by atoms with E-state index in [0.717, 1.165) is 17.2 Å². The van der Waals surface area contributed by atoms with Crippen LogP contribution >= 0.6 is 23.2 Å². The van der Waals surface area contributed by atoms with Gasteiger partial charge >= 0.3 is 0 Å². The minimum absolute atomic E-state index is 0.106. The van der Waals surface area contributed by atoms with Crippen molar-refractivity contribution in [3.05, 3.63) is 75.8 Å². The van der Waals surface area contributed by atoms with Gasteiger partial charge in [-0.2, -0.15) is 0 Å². The quantitative estimate of drug-likeness (QED) is 0.473. The summed E-state index contributed by atoms with van der Waals surface area (Å²) < 4.78 is 0. The van der Waals surface area contributed by atoms with Crippen LogP contribution in [-0.4, -0.2) is 41.8 Å². The number of nitrogens with zero attached hydrogens (tertiary/aromatic N) is 2. The molecule has 3 amide bonds. The van der Waals surface area contributed by atoms with E-state index in [0.29, 0.717) is 33.4 Å². The molecule has 0 fully saturated rings. The predicted molar refractivity (Wildman–Crippen MR) is 135 cm³/mol. The molecule has 1 atom stereocenters. The zero-order valence-electron chi connectivity index (χ0n) is 19.0. The number of amides is 3. The zero-order chi connectivity index (χ0) is 24.4. The highest BCUT2D eigenvalue weighted by Gasteiger charge is 2.34. The second-order valence-corrected chi connectivity index (χ2v) is 9.14. The Morgan fingerprint density at radius 2 is 1.82 bits per heavy atom. The van der Waals surface area contributed by atoms with Gasteiger partial charge < -0.3 is 10.2 Å². The SMILES string of the molecule is CCCNC(=O)C(C)N(Cc1ccc(Cl)cc1Cl)C(=O)CN1C(=O)c2cccc3cccc1c23. The van der Waals surface area contributed by atoms with Gasteiger partial charge in [0.25, 0.3) is 5.91 Å². The van der Waals surface area contributed by atoms with Crippen LogP contribution in [0.25, 0.3) is 10.8 Å². The Labute approximate surface area is 208 Å². The molecule has 4 rings (SSSR count). The molecule has 1 aliphatic rings. The van der Waals surface area contributed by atoms with Gasteiger partial charge in [0.15, 0.2) is 0 Å². The van der Waals surface area contributed by atoms with E-state index >= 15 is 0 Å². The van der Waals surface area contributed by atoms with Crippen molar-refractivity contribution in [1.82, 2.24) is 10.2 Å². The van der Waals surface area contributed by atoms with E-state index < -0.39 is 6.04 Å². The first-order chi connectivity index (χ1) is 16.3. The number of rotatable bonds is 8. The summed E-state index contributed by atoms with van der Waals surface area (Å²) in [5, 5.41) is 5.50. The van der Waals surface area contributed by atoms with Gasteiger partial charge in [-0.05, 0) is 48.6 Å². The van der Waals surface area contributed by atoms with E-state index in [9.17, 15) is 14.4 Å². The van der Waals surface area contributed by atoms with Gasteiger partial charge in [0.05, 0.1) is 5.69 Å². The monoisotopic (exact) mass is 497 g/mol. The van der Waals surface area contributed by atoms with Gasteiger partial charge in [-0.1, -0.05) is 60.5 Å². The lowest BCUT2D eigenvalue weighted by atomic mass is 10.1. The number of carbonyl (C=O) groups excluding carboxylic acids is 3. The number of anilines is 1. The van der Waals surface area contributed by atoms with Crippen LogP contribution in [-0.2, 0) is 16.1 Å². The fourth-order valence-electron chi connectivity index (χ4n) is 4.17. The first-order valence-corrected chi connectivity index (χ1v) is 11.9. The van der Waals surface area contributed by atoms with Crippen LogP contribution in [0.3, 0.4) is 0 Å². The third-order valence-corrected chi connectivity index (χ3v) is 6.60. The molecule has 1 heterocycles. The van der Waals surface area contributed by atoms with Crippen molar-refractivity contribution in [3.63, 3.8) is 0 Å². The summed E-state index contributed by atoms with van der Waals surface area (Å²) >= 11 is 12.4. The standard InChI is InChI=1S/C26H25Cl2N3O3/c1-3-12-29-25(33)16(2)30(14-18-10-11-19(27)13-21(18)28)23(32)15-31-22-9-5-7-17-6-4-8-20(24(17)22)26(31)34/h4-11,13,16H,3,12,14-15H2,1-2H3,(H,29,33). The van der Waals surface area contributed by atoms with Crippen LogP contribution in [0.2, 0.25) is 10.0 Å². The molecular formula is C26H25Cl2N3O3. The van der Waals surface area contributed by atoms with Gasteiger partial charge in [0, 0.05) is 34.1 Å². The fraction of sp³-hybridized carbons (Fsp3) is 0.269. The number of benzene rings is 3. The number of nitrogens with one attached hydrogen (secondary N) is 1. The van der Waals surface area contributed by atoms with Crippen molar-refractivity contribution in [2.24, 2.45) is 0 Å². The average Bonchev–Trinajstić information content (AvgIpc) is 3.09. The Kier molecular flexibility index (Phi) is 7.10. The molecule has 3 aromatic carbocycles. The molecule has 0 aromatic heterocycles. The van der Waals surface area contributed by atoms with E-state index in [2.05, 4.69) is 5.32 Å². The number of carbonyl (C=O) groups is 3. The Bertz CT molecular complexity index is 1270. The molecule has 3 aromatic rings. The maximum Gasteiger partial charge on any atom is 0.259 e. The summed E-state index contributed by atoms with van der Waals surface area (Å²) in [7, 11) is 0. The number of hydrogen-bond donors (Lipinski definition) is 1. The van der Waals surface area contributed by atoms with Gasteiger partial charge in [-0.25, -0.2) is 0 Å². The van der Waals surface area contributed by atoms with Crippen LogP contribution in [0, 0.1) is 0 Å². The van der Waals surface area contributed by atoms with E-state index in [1.165, 1.54) is 9.80 Å². The molecule has 1 unspecified atom stereocenters. The molecule has 1 aliphatic heterocycles. The topological polar surface area (TPSA) is 69.7 Å². The van der Waals surface area contributed by atoms with Gasteiger partial charge in [-0.3, -0.25) is 19.3 Å². The number of halogens is 2. The molecular weight excluding hydrogens is 473 g/mol. The van der Waals surface area contributed by atoms with E-state index in [1.807, 2.05) is 37.3 Å². The van der Waals surface area contributed by atoms with E-state index in [-0.39, 0.29) is 30.8 Å². The lowest BCUT2D eigenvalue weighted by Crippen LogP contribution is -2.51. The summed E-state index contributed by atoms with van der Waals surface area (Å²) in [6.07, 6.45) is 0.778. The van der Waals surface area contributed by atoms with E-state index in [1.54, 1.807) is 31.2 Å². The zero-order valence-corrected chi connectivity index (χ0v) is 20.5. The second kappa shape index (κ2) is 10.0. The van der Waals surface area contributed by atoms with Gasteiger partial charge in [0.2, 0.25) is 11.8 Å². The minimum atomic E-state index is -0.762. The predicted octanol–water partition coefficient (Wildman–Crippen LogP) is 5.05. The summed E-state index contributed by atoms with van der Waals surface area (Å²) in [4.78, 5) is 42.5. The Balaban J connectivity index is 1.63. The lowest BCUT2D eigenvalue weighted by molar-refractivity contribution is -0.139. The van der Waals surface area contributed by atoms with Gasteiger partial charge in [-0.15, -0.1) is 0 Å². The Morgan fingerprint density at radius 3 is 2.53 bits per heavy atom. The molecule has 6 nitrogen and oxygen atoms in total. The lowest BCUT2D eigenvalue weighted by Gasteiger charge is -2.31. The molecule has 0 saturated heterocycles.